The Kier molecular flexibility index (Phi) is 5.18. The molecule has 140 valence electrons. The molecule has 6 heteroatoms. The molecule has 0 radical (unpaired) electrons. The van der Waals surface area contributed by atoms with Crippen LogP contribution in [-0.2, 0) is 14.3 Å². The first-order valence-corrected chi connectivity index (χ1v) is 9.95. The molecule has 1 saturated carbocycles. The maximum Gasteiger partial charge on any atom is 0.245 e. The Morgan fingerprint density at radius 1 is 1.04 bits per heavy atom. The first-order chi connectivity index (χ1) is 12.6. The van der Waals surface area contributed by atoms with E-state index < -0.39 is 0 Å². The molecule has 1 unspecified atom stereocenters. The van der Waals surface area contributed by atoms with Gasteiger partial charge in [0.05, 0.1) is 19.1 Å². The molecule has 3 aliphatic rings. The molecule has 3 fully saturated rings. The lowest BCUT2D eigenvalue weighted by Gasteiger charge is -2.34. The molecule has 0 N–H and O–H groups in total. The average molecular weight is 377 g/mol. The molecule has 0 bridgehead atoms. The molecule has 1 aromatic carbocycles. The van der Waals surface area contributed by atoms with E-state index in [1.807, 2.05) is 34.1 Å². The van der Waals surface area contributed by atoms with Crippen LogP contribution in [0, 0.1) is 5.92 Å². The summed E-state index contributed by atoms with van der Waals surface area (Å²) in [6, 6.07) is 7.30. The highest BCUT2D eigenvalue weighted by Gasteiger charge is 2.44. The molecule has 1 aromatic rings. The van der Waals surface area contributed by atoms with E-state index in [0.29, 0.717) is 43.8 Å². The molecule has 0 spiro atoms. The lowest BCUT2D eigenvalue weighted by molar-refractivity contribution is -0.147. The van der Waals surface area contributed by atoms with Gasteiger partial charge in [-0.2, -0.15) is 0 Å². The van der Waals surface area contributed by atoms with Crippen molar-refractivity contribution in [3.63, 3.8) is 0 Å². The summed E-state index contributed by atoms with van der Waals surface area (Å²) in [7, 11) is 0. The van der Waals surface area contributed by atoms with E-state index in [0.717, 1.165) is 31.2 Å². The third-order valence-electron chi connectivity index (χ3n) is 5.73. The van der Waals surface area contributed by atoms with Crippen LogP contribution in [0.25, 0.3) is 0 Å². The normalized spacial score (nSPS) is 24.6. The van der Waals surface area contributed by atoms with Crippen molar-refractivity contribution in [2.24, 2.45) is 5.92 Å². The van der Waals surface area contributed by atoms with Gasteiger partial charge in [0.2, 0.25) is 11.8 Å². The number of nitrogens with zero attached hydrogens (tertiary/aromatic N) is 2. The van der Waals surface area contributed by atoms with Gasteiger partial charge >= 0.3 is 0 Å². The summed E-state index contributed by atoms with van der Waals surface area (Å²) in [6.07, 6.45) is 3.81. The Labute approximate surface area is 159 Å². The Morgan fingerprint density at radius 2 is 1.73 bits per heavy atom. The van der Waals surface area contributed by atoms with Crippen LogP contribution < -0.4 is 0 Å². The number of carbonyl (C=O) groups is 2. The van der Waals surface area contributed by atoms with Crippen molar-refractivity contribution in [1.82, 2.24) is 9.80 Å². The lowest BCUT2D eigenvalue weighted by Crippen LogP contribution is -2.52. The summed E-state index contributed by atoms with van der Waals surface area (Å²) in [5, 5.41) is 0.678. The molecule has 4 rings (SSSR count). The van der Waals surface area contributed by atoms with Gasteiger partial charge < -0.3 is 14.5 Å². The first-order valence-electron chi connectivity index (χ1n) is 9.57. The zero-order valence-corrected chi connectivity index (χ0v) is 15.7. The predicted molar refractivity (Wildman–Crippen MR) is 99.1 cm³/mol. The molecule has 2 heterocycles. The maximum absolute atomic E-state index is 13.4. The number of hydrogen-bond donors (Lipinski definition) is 0. The standard InChI is InChI=1S/C20H25ClN2O3/c21-16-7-5-15(6-8-16)18(14-3-4-14)20(25)23-9-1-2-17(23)19(24)22-10-12-26-13-11-22/h5-8,14,17-18H,1-4,9-13H2/t17-,18?/m1/s1. The second-order valence-electron chi connectivity index (χ2n) is 7.49. The molecule has 1 aliphatic carbocycles. The summed E-state index contributed by atoms with van der Waals surface area (Å²) in [5.41, 5.74) is 1.02. The van der Waals surface area contributed by atoms with Crippen LogP contribution in [0.3, 0.4) is 0 Å². The van der Waals surface area contributed by atoms with E-state index in [4.69, 9.17) is 16.3 Å². The molecule has 2 saturated heterocycles. The fraction of sp³-hybridized carbons (Fsp3) is 0.600. The van der Waals surface area contributed by atoms with Crippen LogP contribution in [0.2, 0.25) is 5.02 Å². The fourth-order valence-corrected chi connectivity index (χ4v) is 4.30. The zero-order valence-electron chi connectivity index (χ0n) is 14.9. The molecule has 2 atom stereocenters. The number of benzene rings is 1. The summed E-state index contributed by atoms with van der Waals surface area (Å²) >= 11 is 6.01. The summed E-state index contributed by atoms with van der Waals surface area (Å²) in [5.74, 6) is 0.442. The highest BCUT2D eigenvalue weighted by molar-refractivity contribution is 6.30. The van der Waals surface area contributed by atoms with Crippen LogP contribution in [-0.4, -0.2) is 60.5 Å². The second kappa shape index (κ2) is 7.57. The van der Waals surface area contributed by atoms with Crippen molar-refractivity contribution in [3.05, 3.63) is 34.9 Å². The van der Waals surface area contributed by atoms with Crippen LogP contribution in [0.15, 0.2) is 24.3 Å². The summed E-state index contributed by atoms with van der Waals surface area (Å²) in [4.78, 5) is 30.1. The molecule has 0 aromatic heterocycles. The molecule has 2 aliphatic heterocycles. The molecular weight excluding hydrogens is 352 g/mol. The summed E-state index contributed by atoms with van der Waals surface area (Å²) in [6.45, 7) is 3.10. The van der Waals surface area contributed by atoms with Crippen molar-refractivity contribution in [2.75, 3.05) is 32.8 Å². The van der Waals surface area contributed by atoms with Crippen molar-refractivity contribution in [3.8, 4) is 0 Å². The maximum atomic E-state index is 13.4. The van der Waals surface area contributed by atoms with Crippen molar-refractivity contribution < 1.29 is 14.3 Å². The Balaban J connectivity index is 1.52. The van der Waals surface area contributed by atoms with Gasteiger partial charge in [-0.15, -0.1) is 0 Å². The van der Waals surface area contributed by atoms with Gasteiger partial charge in [0.25, 0.3) is 0 Å². The second-order valence-corrected chi connectivity index (χ2v) is 7.93. The number of amides is 2. The van der Waals surface area contributed by atoms with Crippen LogP contribution in [0.5, 0.6) is 0 Å². The number of ether oxygens (including phenoxy) is 1. The number of hydrogen-bond acceptors (Lipinski definition) is 3. The molecule has 2 amide bonds. The Morgan fingerprint density at radius 3 is 2.38 bits per heavy atom. The van der Waals surface area contributed by atoms with E-state index >= 15 is 0 Å². The Hall–Kier alpha value is -1.59. The number of morpholine rings is 1. The molecule has 26 heavy (non-hydrogen) atoms. The quantitative estimate of drug-likeness (QED) is 0.811. The van der Waals surface area contributed by atoms with E-state index in [1.54, 1.807) is 0 Å². The highest BCUT2D eigenvalue weighted by atomic mass is 35.5. The molecular formula is C20H25ClN2O3. The van der Waals surface area contributed by atoms with Gasteiger partial charge in [-0.1, -0.05) is 23.7 Å². The fourth-order valence-electron chi connectivity index (χ4n) is 4.18. The van der Waals surface area contributed by atoms with Gasteiger partial charge in [-0.25, -0.2) is 0 Å². The summed E-state index contributed by atoms with van der Waals surface area (Å²) < 4.78 is 5.35. The lowest BCUT2D eigenvalue weighted by atomic mass is 9.92. The van der Waals surface area contributed by atoms with E-state index in [9.17, 15) is 9.59 Å². The van der Waals surface area contributed by atoms with E-state index in [2.05, 4.69) is 0 Å². The van der Waals surface area contributed by atoms with Gasteiger partial charge in [0.1, 0.15) is 6.04 Å². The third kappa shape index (κ3) is 3.60. The smallest absolute Gasteiger partial charge is 0.245 e. The van der Waals surface area contributed by atoms with Crippen molar-refractivity contribution in [1.29, 1.82) is 0 Å². The SMILES string of the molecule is O=C([C@H]1CCCN1C(=O)C(c1ccc(Cl)cc1)C1CC1)N1CCOCC1. The number of halogens is 1. The Bertz CT molecular complexity index is 668. The number of likely N-dealkylation sites (tertiary alicyclic amines) is 1. The average Bonchev–Trinajstić information content (AvgIpc) is 3.38. The van der Waals surface area contributed by atoms with Gasteiger partial charge in [-0.05, 0) is 49.3 Å². The minimum absolute atomic E-state index is 0.0878. The molecule has 5 nitrogen and oxygen atoms in total. The van der Waals surface area contributed by atoms with Gasteiger partial charge in [-0.3, -0.25) is 9.59 Å². The minimum Gasteiger partial charge on any atom is -0.378 e. The monoisotopic (exact) mass is 376 g/mol. The predicted octanol–water partition coefficient (Wildman–Crippen LogP) is 2.68. The number of rotatable bonds is 4. The zero-order chi connectivity index (χ0) is 18.1. The minimum atomic E-state index is -0.311. The van der Waals surface area contributed by atoms with Crippen LogP contribution >= 0.6 is 11.6 Å². The van der Waals surface area contributed by atoms with Gasteiger partial charge in [0.15, 0.2) is 0 Å². The highest BCUT2D eigenvalue weighted by Crippen LogP contribution is 2.44. The van der Waals surface area contributed by atoms with Crippen molar-refractivity contribution >= 4 is 23.4 Å². The van der Waals surface area contributed by atoms with Crippen LogP contribution in [0.4, 0.5) is 0 Å². The third-order valence-corrected chi connectivity index (χ3v) is 5.98. The van der Waals surface area contributed by atoms with Crippen LogP contribution in [0.1, 0.15) is 37.2 Å². The van der Waals surface area contributed by atoms with Gasteiger partial charge in [0, 0.05) is 24.7 Å². The van der Waals surface area contributed by atoms with E-state index in [-0.39, 0.29) is 23.8 Å². The first kappa shape index (κ1) is 17.8. The van der Waals surface area contributed by atoms with Crippen molar-refractivity contribution in [2.45, 2.75) is 37.6 Å². The van der Waals surface area contributed by atoms with E-state index in [1.165, 1.54) is 0 Å². The topological polar surface area (TPSA) is 49.9 Å². The largest absolute Gasteiger partial charge is 0.378 e. The number of carbonyl (C=O) groups excluding carboxylic acids is 2.